The fraction of sp³-hybridized carbons (Fsp3) is 0.769. The van der Waals surface area contributed by atoms with E-state index in [1.165, 1.54) is 12.8 Å². The van der Waals surface area contributed by atoms with Gasteiger partial charge in [0.05, 0.1) is 0 Å². The predicted octanol–water partition coefficient (Wildman–Crippen LogP) is 2.28. The zero-order valence-electron chi connectivity index (χ0n) is 9.77. The monoisotopic (exact) mass is 223 g/mol. The van der Waals surface area contributed by atoms with Crippen LogP contribution in [0, 0.1) is 5.92 Å². The van der Waals surface area contributed by atoms with Gasteiger partial charge in [-0.2, -0.15) is 0 Å². The number of carboxylic acid groups (broad SMARTS) is 1. The minimum absolute atomic E-state index is 0.363. The first-order chi connectivity index (χ1) is 7.70. The highest BCUT2D eigenvalue weighted by atomic mass is 16.4. The standard InChI is InChI=1S/C13H21NO2/c1-2-3-6-14-11-4-5-12(14)8-10(7-11)9-13(15)16/h2,10-12H,1,3-9H2,(H,15,16). The van der Waals surface area contributed by atoms with Gasteiger partial charge in [-0.05, 0) is 38.0 Å². The summed E-state index contributed by atoms with van der Waals surface area (Å²) >= 11 is 0. The van der Waals surface area contributed by atoms with Crippen LogP contribution >= 0.6 is 0 Å². The number of aliphatic carboxylic acids is 1. The van der Waals surface area contributed by atoms with Crippen LogP contribution in [0.4, 0.5) is 0 Å². The molecule has 0 saturated carbocycles. The van der Waals surface area contributed by atoms with E-state index in [4.69, 9.17) is 5.11 Å². The molecule has 2 rings (SSSR count). The fourth-order valence-electron chi connectivity index (χ4n) is 3.41. The molecule has 90 valence electrons. The van der Waals surface area contributed by atoms with Crippen molar-refractivity contribution in [1.82, 2.24) is 4.90 Å². The quantitative estimate of drug-likeness (QED) is 0.727. The largest absolute Gasteiger partial charge is 0.481 e. The number of hydrogen-bond donors (Lipinski definition) is 1. The van der Waals surface area contributed by atoms with Crippen LogP contribution in [0.3, 0.4) is 0 Å². The first kappa shape index (κ1) is 11.6. The van der Waals surface area contributed by atoms with E-state index in [1.54, 1.807) is 0 Å². The van der Waals surface area contributed by atoms with E-state index >= 15 is 0 Å². The third kappa shape index (κ3) is 2.46. The SMILES string of the molecule is C=CCCN1C2CCC1CC(CC(=O)O)C2. The molecule has 2 bridgehead atoms. The van der Waals surface area contributed by atoms with Crippen molar-refractivity contribution in [2.45, 2.75) is 50.6 Å². The second kappa shape index (κ2) is 5.00. The van der Waals surface area contributed by atoms with E-state index in [0.717, 1.165) is 25.8 Å². The second-order valence-electron chi connectivity index (χ2n) is 5.14. The van der Waals surface area contributed by atoms with E-state index in [1.807, 2.05) is 6.08 Å². The number of hydrogen-bond acceptors (Lipinski definition) is 2. The van der Waals surface area contributed by atoms with Crippen LogP contribution in [0.25, 0.3) is 0 Å². The maximum absolute atomic E-state index is 10.7. The van der Waals surface area contributed by atoms with Gasteiger partial charge in [0, 0.05) is 25.0 Å². The van der Waals surface area contributed by atoms with Crippen molar-refractivity contribution >= 4 is 5.97 Å². The molecule has 2 fully saturated rings. The van der Waals surface area contributed by atoms with Crippen LogP contribution < -0.4 is 0 Å². The highest BCUT2D eigenvalue weighted by Gasteiger charge is 2.40. The zero-order chi connectivity index (χ0) is 11.5. The molecule has 0 aromatic heterocycles. The van der Waals surface area contributed by atoms with Gasteiger partial charge >= 0.3 is 5.97 Å². The van der Waals surface area contributed by atoms with Crippen LogP contribution in [0.15, 0.2) is 12.7 Å². The molecule has 2 heterocycles. The van der Waals surface area contributed by atoms with Crippen molar-refractivity contribution in [2.24, 2.45) is 5.92 Å². The Labute approximate surface area is 97.1 Å². The summed E-state index contributed by atoms with van der Waals surface area (Å²) in [6, 6.07) is 1.28. The number of nitrogens with zero attached hydrogens (tertiary/aromatic N) is 1. The third-order valence-electron chi connectivity index (χ3n) is 4.04. The molecular weight excluding hydrogens is 202 g/mol. The highest BCUT2D eigenvalue weighted by molar-refractivity contribution is 5.67. The number of rotatable bonds is 5. The summed E-state index contributed by atoms with van der Waals surface area (Å²) in [5.74, 6) is -0.223. The molecule has 0 aliphatic carbocycles. The summed E-state index contributed by atoms with van der Waals surface area (Å²) < 4.78 is 0. The van der Waals surface area contributed by atoms with Gasteiger partial charge in [-0.25, -0.2) is 0 Å². The number of carboxylic acids is 1. The van der Waals surface area contributed by atoms with Gasteiger partial charge in [0.2, 0.25) is 0 Å². The Morgan fingerprint density at radius 1 is 1.38 bits per heavy atom. The predicted molar refractivity (Wildman–Crippen MR) is 63.3 cm³/mol. The van der Waals surface area contributed by atoms with Gasteiger partial charge in [-0.1, -0.05) is 6.08 Å². The van der Waals surface area contributed by atoms with Crippen LogP contribution in [-0.4, -0.2) is 34.6 Å². The molecule has 2 unspecified atom stereocenters. The first-order valence-corrected chi connectivity index (χ1v) is 6.29. The van der Waals surface area contributed by atoms with Crippen molar-refractivity contribution in [3.8, 4) is 0 Å². The Balaban J connectivity index is 1.90. The summed E-state index contributed by atoms with van der Waals surface area (Å²) in [5, 5.41) is 8.84. The number of piperidine rings is 1. The first-order valence-electron chi connectivity index (χ1n) is 6.29. The van der Waals surface area contributed by atoms with E-state index in [-0.39, 0.29) is 0 Å². The van der Waals surface area contributed by atoms with Crippen LogP contribution in [-0.2, 0) is 4.79 Å². The molecule has 0 aromatic carbocycles. The summed E-state index contributed by atoms with van der Waals surface area (Å²) in [6.07, 6.45) is 8.08. The van der Waals surface area contributed by atoms with Gasteiger partial charge in [-0.15, -0.1) is 6.58 Å². The Hall–Kier alpha value is -0.830. The van der Waals surface area contributed by atoms with Crippen LogP contribution in [0.2, 0.25) is 0 Å². The van der Waals surface area contributed by atoms with Gasteiger partial charge in [-0.3, -0.25) is 9.69 Å². The lowest BCUT2D eigenvalue weighted by Crippen LogP contribution is -2.43. The molecule has 2 saturated heterocycles. The number of carbonyl (C=O) groups is 1. The third-order valence-corrected chi connectivity index (χ3v) is 4.04. The molecule has 1 N–H and O–H groups in total. The molecule has 0 aromatic rings. The fourth-order valence-corrected chi connectivity index (χ4v) is 3.41. The minimum atomic E-state index is -0.635. The van der Waals surface area contributed by atoms with E-state index in [9.17, 15) is 4.79 Å². The van der Waals surface area contributed by atoms with E-state index in [0.29, 0.717) is 24.4 Å². The molecule has 16 heavy (non-hydrogen) atoms. The average Bonchev–Trinajstić information content (AvgIpc) is 2.46. The Morgan fingerprint density at radius 2 is 2.00 bits per heavy atom. The van der Waals surface area contributed by atoms with Crippen LogP contribution in [0.1, 0.15) is 38.5 Å². The number of fused-ring (bicyclic) bond motifs is 2. The highest BCUT2D eigenvalue weighted by Crippen LogP contribution is 2.39. The second-order valence-corrected chi connectivity index (χ2v) is 5.14. The topological polar surface area (TPSA) is 40.5 Å². The summed E-state index contributed by atoms with van der Waals surface area (Å²) in [5.41, 5.74) is 0. The lowest BCUT2D eigenvalue weighted by molar-refractivity contribution is -0.138. The normalized spacial score (nSPS) is 33.9. The molecule has 0 radical (unpaired) electrons. The molecular formula is C13H21NO2. The molecule has 0 spiro atoms. The minimum Gasteiger partial charge on any atom is -0.481 e. The summed E-state index contributed by atoms with van der Waals surface area (Å²) in [7, 11) is 0. The maximum atomic E-state index is 10.7. The Bertz CT molecular complexity index is 263. The summed E-state index contributed by atoms with van der Waals surface area (Å²) in [4.78, 5) is 13.3. The van der Waals surface area contributed by atoms with Crippen LogP contribution in [0.5, 0.6) is 0 Å². The lowest BCUT2D eigenvalue weighted by Gasteiger charge is -2.38. The van der Waals surface area contributed by atoms with Crippen molar-refractivity contribution < 1.29 is 9.90 Å². The van der Waals surface area contributed by atoms with Crippen molar-refractivity contribution in [1.29, 1.82) is 0 Å². The Morgan fingerprint density at radius 3 is 2.50 bits per heavy atom. The van der Waals surface area contributed by atoms with Gasteiger partial charge < -0.3 is 5.11 Å². The summed E-state index contributed by atoms with van der Waals surface area (Å²) in [6.45, 7) is 4.88. The Kier molecular flexibility index (Phi) is 3.64. The lowest BCUT2D eigenvalue weighted by atomic mass is 9.88. The van der Waals surface area contributed by atoms with Gasteiger partial charge in [0.15, 0.2) is 0 Å². The van der Waals surface area contributed by atoms with E-state index < -0.39 is 5.97 Å². The van der Waals surface area contributed by atoms with Crippen molar-refractivity contribution in [3.63, 3.8) is 0 Å². The molecule has 2 aliphatic rings. The smallest absolute Gasteiger partial charge is 0.303 e. The molecule has 2 aliphatic heterocycles. The van der Waals surface area contributed by atoms with Crippen molar-refractivity contribution in [2.75, 3.05) is 6.54 Å². The van der Waals surface area contributed by atoms with Gasteiger partial charge in [0.1, 0.15) is 0 Å². The maximum Gasteiger partial charge on any atom is 0.303 e. The average molecular weight is 223 g/mol. The molecule has 0 amide bonds. The van der Waals surface area contributed by atoms with Gasteiger partial charge in [0.25, 0.3) is 0 Å². The molecule has 2 atom stereocenters. The molecule has 3 nitrogen and oxygen atoms in total. The van der Waals surface area contributed by atoms with Crippen molar-refractivity contribution in [3.05, 3.63) is 12.7 Å². The zero-order valence-corrected chi connectivity index (χ0v) is 9.77. The van der Waals surface area contributed by atoms with E-state index in [2.05, 4.69) is 11.5 Å². The molecule has 3 heteroatoms.